The van der Waals surface area contributed by atoms with E-state index in [1.54, 1.807) is 12.5 Å². The Hall–Kier alpha value is -1.75. The summed E-state index contributed by atoms with van der Waals surface area (Å²) in [4.78, 5) is 3.97. The number of aryl methyl sites for hydroxylation is 1. The molecule has 6 heteroatoms. The molecule has 0 radical (unpaired) electrons. The number of halogens is 2. The fraction of sp³-hybridized carbons (Fsp3) is 0.308. The first-order valence-electron chi connectivity index (χ1n) is 6.11. The highest BCUT2D eigenvalue weighted by molar-refractivity contribution is 6.31. The van der Waals surface area contributed by atoms with Gasteiger partial charge in [-0.05, 0) is 18.9 Å². The lowest BCUT2D eigenvalue weighted by Gasteiger charge is -2.10. The highest BCUT2D eigenvalue weighted by Crippen LogP contribution is 2.25. The van der Waals surface area contributed by atoms with Crippen LogP contribution in [0.2, 0.25) is 5.02 Å². The van der Waals surface area contributed by atoms with Crippen LogP contribution in [-0.2, 0) is 6.54 Å². The smallest absolute Gasteiger partial charge is 0.143 e. The molecule has 2 rings (SSSR count). The van der Waals surface area contributed by atoms with Gasteiger partial charge in [-0.15, -0.1) is 0 Å². The third-order valence-corrected chi connectivity index (χ3v) is 3.10. The predicted molar refractivity (Wildman–Crippen MR) is 75.8 cm³/mol. The van der Waals surface area contributed by atoms with Crippen molar-refractivity contribution in [3.63, 3.8) is 0 Å². The van der Waals surface area contributed by atoms with Gasteiger partial charge in [0.1, 0.15) is 5.82 Å². The molecule has 0 amide bonds. The number of aromatic nitrogens is 2. The fourth-order valence-electron chi connectivity index (χ4n) is 1.78. The van der Waals surface area contributed by atoms with Crippen LogP contribution in [0, 0.1) is 5.82 Å². The van der Waals surface area contributed by atoms with Gasteiger partial charge in [-0.3, -0.25) is 0 Å². The van der Waals surface area contributed by atoms with Gasteiger partial charge in [0.15, 0.2) is 0 Å². The van der Waals surface area contributed by atoms with Crippen molar-refractivity contribution in [2.45, 2.75) is 19.4 Å². The summed E-state index contributed by atoms with van der Waals surface area (Å²) in [5, 5.41) is 3.16. The van der Waals surface area contributed by atoms with Gasteiger partial charge in [0.25, 0.3) is 0 Å². The zero-order valence-electron chi connectivity index (χ0n) is 10.4. The third kappa shape index (κ3) is 3.86. The molecule has 0 aliphatic carbocycles. The van der Waals surface area contributed by atoms with Gasteiger partial charge in [0.05, 0.1) is 22.7 Å². The molecule has 4 nitrogen and oxygen atoms in total. The van der Waals surface area contributed by atoms with Crippen LogP contribution in [0.3, 0.4) is 0 Å². The van der Waals surface area contributed by atoms with Crippen molar-refractivity contribution in [1.29, 1.82) is 0 Å². The Labute approximate surface area is 116 Å². The molecule has 1 heterocycles. The van der Waals surface area contributed by atoms with Crippen molar-refractivity contribution in [1.82, 2.24) is 9.55 Å². The van der Waals surface area contributed by atoms with Gasteiger partial charge in [-0.1, -0.05) is 11.6 Å². The van der Waals surface area contributed by atoms with E-state index < -0.39 is 5.82 Å². The summed E-state index contributed by atoms with van der Waals surface area (Å²) >= 11 is 5.64. The van der Waals surface area contributed by atoms with Crippen molar-refractivity contribution in [2.75, 3.05) is 17.6 Å². The molecular weight excluding hydrogens is 267 g/mol. The van der Waals surface area contributed by atoms with Crippen molar-refractivity contribution in [3.05, 3.63) is 41.7 Å². The minimum absolute atomic E-state index is 0.0446. The fourth-order valence-corrected chi connectivity index (χ4v) is 1.95. The highest BCUT2D eigenvalue weighted by atomic mass is 35.5. The van der Waals surface area contributed by atoms with Crippen LogP contribution in [0.4, 0.5) is 15.8 Å². The highest BCUT2D eigenvalue weighted by Gasteiger charge is 2.05. The SMILES string of the molecule is Nc1cc(Cl)c(F)cc1NCCCCn1ccnc1. The van der Waals surface area contributed by atoms with E-state index in [2.05, 4.69) is 10.3 Å². The summed E-state index contributed by atoms with van der Waals surface area (Å²) in [5.74, 6) is -0.461. The molecule has 0 saturated carbocycles. The maximum Gasteiger partial charge on any atom is 0.143 e. The number of nitrogen functional groups attached to an aromatic ring is 1. The van der Waals surface area contributed by atoms with Crippen LogP contribution < -0.4 is 11.1 Å². The Bertz CT molecular complexity index is 528. The second-order valence-electron chi connectivity index (χ2n) is 4.29. The molecule has 1 aromatic heterocycles. The first kappa shape index (κ1) is 13.7. The zero-order chi connectivity index (χ0) is 13.7. The first-order chi connectivity index (χ1) is 9.16. The van der Waals surface area contributed by atoms with Gasteiger partial charge in [0.2, 0.25) is 0 Å². The van der Waals surface area contributed by atoms with Gasteiger partial charge in [0, 0.05) is 31.5 Å². The van der Waals surface area contributed by atoms with Gasteiger partial charge in [-0.25, -0.2) is 9.37 Å². The maximum atomic E-state index is 13.3. The summed E-state index contributed by atoms with van der Waals surface area (Å²) < 4.78 is 15.3. The summed E-state index contributed by atoms with van der Waals surface area (Å²) in [6.07, 6.45) is 7.45. The summed E-state index contributed by atoms with van der Waals surface area (Å²) in [7, 11) is 0. The van der Waals surface area contributed by atoms with E-state index in [-0.39, 0.29) is 5.02 Å². The Kier molecular flexibility index (Phi) is 4.63. The van der Waals surface area contributed by atoms with Crippen LogP contribution in [0.25, 0.3) is 0 Å². The number of hydrogen-bond donors (Lipinski definition) is 2. The van der Waals surface area contributed by atoms with Crippen LogP contribution in [-0.4, -0.2) is 16.1 Å². The number of imidazole rings is 1. The quantitative estimate of drug-likeness (QED) is 0.632. The second kappa shape index (κ2) is 6.43. The topological polar surface area (TPSA) is 55.9 Å². The molecule has 1 aromatic carbocycles. The average Bonchev–Trinajstić information content (AvgIpc) is 2.88. The standard InChI is InChI=1S/C13H16ClFN4/c14-10-7-12(16)13(8-11(10)15)18-3-1-2-5-19-6-4-17-9-19/h4,6-9,18H,1-3,5,16H2. The number of rotatable bonds is 6. The number of nitrogens with zero attached hydrogens (tertiary/aromatic N) is 2. The lowest BCUT2D eigenvalue weighted by molar-refractivity contribution is 0.619. The first-order valence-corrected chi connectivity index (χ1v) is 6.49. The van der Waals surface area contributed by atoms with Crippen LogP contribution >= 0.6 is 11.6 Å². The van der Waals surface area contributed by atoms with Crippen LogP contribution in [0.15, 0.2) is 30.9 Å². The van der Waals surface area contributed by atoms with E-state index in [1.807, 2.05) is 10.8 Å². The normalized spacial score (nSPS) is 10.6. The lowest BCUT2D eigenvalue weighted by Crippen LogP contribution is -2.06. The molecule has 19 heavy (non-hydrogen) atoms. The minimum Gasteiger partial charge on any atom is -0.397 e. The molecule has 0 atom stereocenters. The molecule has 0 unspecified atom stereocenters. The third-order valence-electron chi connectivity index (χ3n) is 2.81. The van der Waals surface area contributed by atoms with Crippen molar-refractivity contribution in [2.24, 2.45) is 0 Å². The summed E-state index contributed by atoms with van der Waals surface area (Å²) in [6.45, 7) is 1.66. The number of nitrogens with one attached hydrogen (secondary N) is 1. The number of benzene rings is 1. The van der Waals surface area contributed by atoms with E-state index in [0.717, 1.165) is 25.9 Å². The van der Waals surface area contributed by atoms with Crippen molar-refractivity contribution < 1.29 is 4.39 Å². The summed E-state index contributed by atoms with van der Waals surface area (Å²) in [5.41, 5.74) is 6.80. The Balaban J connectivity index is 1.75. The molecule has 0 spiro atoms. The Morgan fingerprint density at radius 3 is 2.95 bits per heavy atom. The van der Waals surface area contributed by atoms with E-state index in [9.17, 15) is 4.39 Å². The predicted octanol–water partition coefficient (Wildman–Crippen LogP) is 3.15. The average molecular weight is 283 g/mol. The van der Waals surface area contributed by atoms with Crippen LogP contribution in [0.1, 0.15) is 12.8 Å². The van der Waals surface area contributed by atoms with Crippen molar-refractivity contribution >= 4 is 23.0 Å². The van der Waals surface area contributed by atoms with Crippen LogP contribution in [0.5, 0.6) is 0 Å². The minimum atomic E-state index is -0.461. The largest absolute Gasteiger partial charge is 0.397 e. The molecule has 3 N–H and O–H groups in total. The molecule has 0 aliphatic rings. The van der Waals surface area contributed by atoms with E-state index in [0.29, 0.717) is 11.4 Å². The molecule has 2 aromatic rings. The molecule has 0 saturated heterocycles. The van der Waals surface area contributed by atoms with Gasteiger partial charge in [-0.2, -0.15) is 0 Å². The lowest BCUT2D eigenvalue weighted by atomic mass is 10.2. The van der Waals surface area contributed by atoms with Crippen molar-refractivity contribution in [3.8, 4) is 0 Å². The van der Waals surface area contributed by atoms with Gasteiger partial charge < -0.3 is 15.6 Å². The van der Waals surface area contributed by atoms with E-state index >= 15 is 0 Å². The Morgan fingerprint density at radius 2 is 2.21 bits per heavy atom. The number of hydrogen-bond acceptors (Lipinski definition) is 3. The zero-order valence-corrected chi connectivity index (χ0v) is 11.2. The molecular formula is C13H16ClFN4. The van der Waals surface area contributed by atoms with Gasteiger partial charge >= 0.3 is 0 Å². The van der Waals surface area contributed by atoms with E-state index in [4.69, 9.17) is 17.3 Å². The molecule has 0 fully saturated rings. The molecule has 0 bridgehead atoms. The van der Waals surface area contributed by atoms with E-state index in [1.165, 1.54) is 12.1 Å². The molecule has 0 aliphatic heterocycles. The second-order valence-corrected chi connectivity index (χ2v) is 4.70. The number of anilines is 2. The summed E-state index contributed by atoms with van der Waals surface area (Å²) in [6, 6.07) is 2.75. The maximum absolute atomic E-state index is 13.3. The monoisotopic (exact) mass is 282 g/mol. The number of nitrogens with two attached hydrogens (primary N) is 1. The number of unbranched alkanes of at least 4 members (excludes halogenated alkanes) is 1. The Morgan fingerprint density at radius 1 is 1.37 bits per heavy atom. The molecule has 102 valence electrons.